The molecule has 4 unspecified atom stereocenters. The number of hydrogen-bond donors (Lipinski definition) is 0. The van der Waals surface area contributed by atoms with Crippen LogP contribution in [-0.2, 0) is 22.4 Å². The lowest BCUT2D eigenvalue weighted by atomic mass is 9.63. The molecule has 31 heavy (non-hydrogen) atoms. The van der Waals surface area contributed by atoms with Gasteiger partial charge in [0.25, 0.3) is 0 Å². The number of ether oxygens (including phenoxy) is 2. The Morgan fingerprint density at radius 1 is 1.06 bits per heavy atom. The molecule has 3 heteroatoms. The second-order valence-electron chi connectivity index (χ2n) is 9.74. The molecule has 1 aromatic rings. The van der Waals surface area contributed by atoms with Crippen molar-refractivity contribution in [1.82, 2.24) is 0 Å². The molecule has 0 aliphatic heterocycles. The van der Waals surface area contributed by atoms with Gasteiger partial charge >= 0.3 is 5.97 Å². The van der Waals surface area contributed by atoms with Crippen molar-refractivity contribution in [3.05, 3.63) is 29.3 Å². The summed E-state index contributed by atoms with van der Waals surface area (Å²) in [6, 6.07) is 6.65. The number of esters is 1. The fourth-order valence-corrected chi connectivity index (χ4v) is 6.00. The molecule has 2 aliphatic carbocycles. The first-order valence-corrected chi connectivity index (χ1v) is 13.1. The van der Waals surface area contributed by atoms with Crippen molar-refractivity contribution in [1.29, 1.82) is 0 Å². The highest BCUT2D eigenvalue weighted by molar-refractivity contribution is 5.69. The zero-order valence-corrected chi connectivity index (χ0v) is 20.2. The smallest absolute Gasteiger partial charge is 0.305 e. The predicted octanol–water partition coefficient (Wildman–Crippen LogP) is 7.29. The van der Waals surface area contributed by atoms with Crippen LogP contribution in [0.1, 0.15) is 103 Å². The van der Waals surface area contributed by atoms with Gasteiger partial charge in [-0.05, 0) is 86.8 Å². The third kappa shape index (κ3) is 6.73. The Hall–Kier alpha value is -1.51. The van der Waals surface area contributed by atoms with Gasteiger partial charge in [-0.2, -0.15) is 0 Å². The molecule has 3 nitrogen and oxygen atoms in total. The van der Waals surface area contributed by atoms with E-state index in [0.29, 0.717) is 6.42 Å². The molecule has 0 N–H and O–H groups in total. The summed E-state index contributed by atoms with van der Waals surface area (Å²) in [5.41, 5.74) is 3.00. The van der Waals surface area contributed by atoms with Crippen LogP contribution in [-0.4, -0.2) is 18.7 Å². The summed E-state index contributed by atoms with van der Waals surface area (Å²) in [5.74, 6) is 3.53. The van der Waals surface area contributed by atoms with Gasteiger partial charge in [0, 0.05) is 6.42 Å². The number of carbonyl (C=O) groups excluding carboxylic acids is 1. The van der Waals surface area contributed by atoms with Gasteiger partial charge in [-0.25, -0.2) is 0 Å². The van der Waals surface area contributed by atoms with Crippen LogP contribution in [0, 0.1) is 17.8 Å². The molecule has 4 atom stereocenters. The van der Waals surface area contributed by atoms with E-state index in [4.69, 9.17) is 9.47 Å². The van der Waals surface area contributed by atoms with Crippen molar-refractivity contribution in [3.8, 4) is 5.75 Å². The van der Waals surface area contributed by atoms with Crippen molar-refractivity contribution >= 4 is 5.97 Å². The molecule has 0 bridgehead atoms. The Morgan fingerprint density at radius 3 is 2.68 bits per heavy atom. The minimum absolute atomic E-state index is 0.0341. The monoisotopic (exact) mass is 428 g/mol. The third-order valence-electron chi connectivity index (χ3n) is 7.63. The van der Waals surface area contributed by atoms with Gasteiger partial charge in [0.15, 0.2) is 0 Å². The van der Waals surface area contributed by atoms with Crippen LogP contribution in [0.3, 0.4) is 0 Å². The Morgan fingerprint density at radius 2 is 1.90 bits per heavy atom. The van der Waals surface area contributed by atoms with Gasteiger partial charge in [-0.15, -0.1) is 0 Å². The Kier molecular flexibility index (Phi) is 9.74. The second kappa shape index (κ2) is 12.5. The summed E-state index contributed by atoms with van der Waals surface area (Å²) in [4.78, 5) is 11.9. The zero-order valence-electron chi connectivity index (χ0n) is 20.2. The van der Waals surface area contributed by atoms with Gasteiger partial charge in [-0.3, -0.25) is 4.79 Å². The molecule has 0 radical (unpaired) electrons. The fraction of sp³-hybridized carbons (Fsp3) is 0.750. The minimum Gasteiger partial charge on any atom is -0.494 e. The molecule has 174 valence electrons. The number of hydrogen-bond acceptors (Lipinski definition) is 3. The van der Waals surface area contributed by atoms with Crippen LogP contribution in [0.4, 0.5) is 0 Å². The molecule has 1 fully saturated rings. The number of carbonyl (C=O) groups is 1. The molecule has 2 aliphatic rings. The number of fused-ring (bicyclic) bond motifs is 2. The van der Waals surface area contributed by atoms with E-state index >= 15 is 0 Å². The van der Waals surface area contributed by atoms with Crippen molar-refractivity contribution < 1.29 is 14.3 Å². The first-order chi connectivity index (χ1) is 15.2. The lowest BCUT2D eigenvalue weighted by Crippen LogP contribution is -2.35. The van der Waals surface area contributed by atoms with Gasteiger partial charge in [-0.1, -0.05) is 58.1 Å². The molecule has 0 saturated heterocycles. The van der Waals surface area contributed by atoms with Crippen LogP contribution in [0.2, 0.25) is 0 Å². The SMILES string of the molecule is CCCCCC(CCCC1CCCC2Cc3c(cccc3OCC)CC12)OC(=O)CC. The number of benzene rings is 1. The van der Waals surface area contributed by atoms with E-state index in [9.17, 15) is 4.79 Å². The molecule has 0 heterocycles. The maximum atomic E-state index is 11.9. The average Bonchev–Trinajstić information content (AvgIpc) is 2.78. The quantitative estimate of drug-likeness (QED) is 0.259. The van der Waals surface area contributed by atoms with E-state index in [0.717, 1.165) is 43.0 Å². The standard InChI is InChI=1S/C28H44O3/c1-4-7-8-16-24(31-28(29)5-2)17-10-13-21-12-9-14-22-20-26-23(19-25(21)22)15-11-18-27(26)30-6-3/h11,15,18,21-22,24-25H,4-10,12-14,16-17,19-20H2,1-3H3. The van der Waals surface area contributed by atoms with E-state index in [1.54, 1.807) is 0 Å². The molecule has 1 saturated carbocycles. The number of rotatable bonds is 12. The molecule has 1 aromatic carbocycles. The molecule has 0 amide bonds. The van der Waals surface area contributed by atoms with Crippen LogP contribution >= 0.6 is 0 Å². The summed E-state index contributed by atoms with van der Waals surface area (Å²) in [5, 5.41) is 0. The highest BCUT2D eigenvalue weighted by Gasteiger charge is 2.37. The summed E-state index contributed by atoms with van der Waals surface area (Å²) < 4.78 is 11.7. The maximum Gasteiger partial charge on any atom is 0.305 e. The average molecular weight is 429 g/mol. The first-order valence-electron chi connectivity index (χ1n) is 13.1. The topological polar surface area (TPSA) is 35.5 Å². The molecule has 0 spiro atoms. The van der Waals surface area contributed by atoms with E-state index in [-0.39, 0.29) is 12.1 Å². The largest absolute Gasteiger partial charge is 0.494 e. The maximum absolute atomic E-state index is 11.9. The zero-order chi connectivity index (χ0) is 22.1. The Labute approximate surface area is 190 Å². The summed E-state index contributed by atoms with van der Waals surface area (Å²) in [6.45, 7) is 6.95. The summed E-state index contributed by atoms with van der Waals surface area (Å²) in [7, 11) is 0. The fourth-order valence-electron chi connectivity index (χ4n) is 6.00. The third-order valence-corrected chi connectivity index (χ3v) is 7.63. The highest BCUT2D eigenvalue weighted by atomic mass is 16.5. The van der Waals surface area contributed by atoms with Gasteiger partial charge < -0.3 is 9.47 Å². The van der Waals surface area contributed by atoms with Gasteiger partial charge in [0.05, 0.1) is 6.61 Å². The summed E-state index contributed by atoms with van der Waals surface area (Å²) in [6.07, 6.45) is 15.3. The second-order valence-corrected chi connectivity index (χ2v) is 9.74. The van der Waals surface area contributed by atoms with Gasteiger partial charge in [0.2, 0.25) is 0 Å². The lowest BCUT2D eigenvalue weighted by molar-refractivity contribution is -0.149. The normalized spacial score (nSPS) is 23.5. The first kappa shape index (κ1) is 24.1. The van der Waals surface area contributed by atoms with Crippen LogP contribution in [0.15, 0.2) is 18.2 Å². The van der Waals surface area contributed by atoms with E-state index < -0.39 is 0 Å². The van der Waals surface area contributed by atoms with Gasteiger partial charge in [0.1, 0.15) is 11.9 Å². The van der Waals surface area contributed by atoms with Crippen molar-refractivity contribution in [2.24, 2.45) is 17.8 Å². The van der Waals surface area contributed by atoms with Crippen LogP contribution in [0.5, 0.6) is 5.75 Å². The minimum atomic E-state index is -0.0341. The predicted molar refractivity (Wildman–Crippen MR) is 128 cm³/mol. The highest BCUT2D eigenvalue weighted by Crippen LogP contribution is 2.46. The Bertz CT molecular complexity index is 683. The summed E-state index contributed by atoms with van der Waals surface area (Å²) >= 11 is 0. The molecular formula is C28H44O3. The lowest BCUT2D eigenvalue weighted by Gasteiger charge is -2.42. The molecular weight excluding hydrogens is 384 g/mol. The van der Waals surface area contributed by atoms with E-state index in [2.05, 4.69) is 32.0 Å². The van der Waals surface area contributed by atoms with Crippen molar-refractivity contribution in [3.63, 3.8) is 0 Å². The van der Waals surface area contributed by atoms with Crippen LogP contribution < -0.4 is 4.74 Å². The van der Waals surface area contributed by atoms with Crippen molar-refractivity contribution in [2.45, 2.75) is 110 Å². The number of unbranched alkanes of at least 4 members (excludes halogenated alkanes) is 2. The van der Waals surface area contributed by atoms with Crippen LogP contribution in [0.25, 0.3) is 0 Å². The molecule has 3 rings (SSSR count). The van der Waals surface area contributed by atoms with E-state index in [1.807, 2.05) is 6.92 Å². The molecule has 0 aromatic heterocycles. The van der Waals surface area contributed by atoms with E-state index in [1.165, 1.54) is 75.3 Å². The Balaban J connectivity index is 1.56. The van der Waals surface area contributed by atoms with Crippen molar-refractivity contribution in [2.75, 3.05) is 6.61 Å².